The van der Waals surface area contributed by atoms with Crippen LogP contribution in [0, 0.1) is 0 Å². The SMILES string of the molecule is C[C@H]1CCC[C@@H](C(=O)O)N1.Cl. The second-order valence-corrected chi connectivity index (χ2v) is 2.89. The van der Waals surface area contributed by atoms with E-state index in [0.717, 1.165) is 19.3 Å². The van der Waals surface area contributed by atoms with E-state index in [0.29, 0.717) is 6.04 Å². The minimum Gasteiger partial charge on any atom is -0.480 e. The second-order valence-electron chi connectivity index (χ2n) is 2.89. The van der Waals surface area contributed by atoms with Crippen LogP contribution in [0.15, 0.2) is 0 Å². The summed E-state index contributed by atoms with van der Waals surface area (Å²) in [4.78, 5) is 10.4. The van der Waals surface area contributed by atoms with Gasteiger partial charge in [0.05, 0.1) is 0 Å². The molecule has 1 aliphatic heterocycles. The van der Waals surface area contributed by atoms with E-state index in [2.05, 4.69) is 5.32 Å². The maximum atomic E-state index is 10.4. The lowest BCUT2D eigenvalue weighted by atomic mass is 10.00. The van der Waals surface area contributed by atoms with Gasteiger partial charge in [-0.15, -0.1) is 12.4 Å². The van der Waals surface area contributed by atoms with Crippen LogP contribution in [0.5, 0.6) is 0 Å². The van der Waals surface area contributed by atoms with Gasteiger partial charge in [-0.1, -0.05) is 0 Å². The van der Waals surface area contributed by atoms with Gasteiger partial charge >= 0.3 is 5.97 Å². The van der Waals surface area contributed by atoms with Crippen LogP contribution in [0.1, 0.15) is 26.2 Å². The molecule has 0 bridgehead atoms. The van der Waals surface area contributed by atoms with Gasteiger partial charge in [-0.2, -0.15) is 0 Å². The molecule has 1 fully saturated rings. The highest BCUT2D eigenvalue weighted by molar-refractivity contribution is 5.85. The molecule has 1 aliphatic rings. The fraction of sp³-hybridized carbons (Fsp3) is 0.857. The summed E-state index contributed by atoms with van der Waals surface area (Å²) in [5.41, 5.74) is 0. The van der Waals surface area contributed by atoms with Crippen LogP contribution in [-0.4, -0.2) is 23.2 Å². The van der Waals surface area contributed by atoms with Gasteiger partial charge in [0.15, 0.2) is 0 Å². The van der Waals surface area contributed by atoms with Crippen molar-refractivity contribution in [3.8, 4) is 0 Å². The minimum absolute atomic E-state index is 0. The molecule has 2 atom stereocenters. The first kappa shape index (κ1) is 10.7. The smallest absolute Gasteiger partial charge is 0.320 e. The zero-order valence-electron chi connectivity index (χ0n) is 6.54. The van der Waals surface area contributed by atoms with Crippen LogP contribution in [-0.2, 0) is 4.79 Å². The summed E-state index contributed by atoms with van der Waals surface area (Å²) in [7, 11) is 0. The number of nitrogens with one attached hydrogen (secondary N) is 1. The standard InChI is InChI=1S/C7H13NO2.ClH/c1-5-3-2-4-6(8-5)7(9)10;/h5-6,8H,2-4H2,1H3,(H,9,10);1H/t5-,6-;/m0./s1. The molecule has 0 spiro atoms. The van der Waals surface area contributed by atoms with Crippen LogP contribution < -0.4 is 5.32 Å². The van der Waals surface area contributed by atoms with Gasteiger partial charge in [0, 0.05) is 6.04 Å². The summed E-state index contributed by atoms with van der Waals surface area (Å²) in [6, 6.07) is 0.0681. The molecule has 0 aromatic carbocycles. The molecule has 1 saturated heterocycles. The Bertz CT molecular complexity index is 140. The normalized spacial score (nSPS) is 30.6. The van der Waals surface area contributed by atoms with Crippen molar-refractivity contribution in [2.24, 2.45) is 0 Å². The third-order valence-electron chi connectivity index (χ3n) is 1.91. The molecule has 66 valence electrons. The van der Waals surface area contributed by atoms with E-state index in [-0.39, 0.29) is 18.4 Å². The van der Waals surface area contributed by atoms with Gasteiger partial charge in [-0.3, -0.25) is 4.79 Å². The van der Waals surface area contributed by atoms with E-state index in [1.807, 2.05) is 6.92 Å². The molecule has 4 heteroatoms. The highest BCUT2D eigenvalue weighted by Gasteiger charge is 2.22. The Labute approximate surface area is 72.6 Å². The first-order valence-corrected chi connectivity index (χ1v) is 3.69. The molecular formula is C7H14ClNO2. The molecular weight excluding hydrogens is 166 g/mol. The summed E-state index contributed by atoms with van der Waals surface area (Å²) in [5.74, 6) is -0.716. The van der Waals surface area contributed by atoms with Crippen LogP contribution in [0.2, 0.25) is 0 Å². The summed E-state index contributed by atoms with van der Waals surface area (Å²) in [6.07, 6.45) is 2.91. The molecule has 3 nitrogen and oxygen atoms in total. The quantitative estimate of drug-likeness (QED) is 0.632. The molecule has 1 rings (SSSR count). The second kappa shape index (κ2) is 4.57. The molecule has 0 unspecified atom stereocenters. The van der Waals surface area contributed by atoms with Crippen molar-refractivity contribution < 1.29 is 9.90 Å². The summed E-state index contributed by atoms with van der Waals surface area (Å²) in [6.45, 7) is 2.02. The highest BCUT2D eigenvalue weighted by Crippen LogP contribution is 2.11. The Hall–Kier alpha value is -0.280. The molecule has 0 aromatic heterocycles. The lowest BCUT2D eigenvalue weighted by Gasteiger charge is -2.25. The van der Waals surface area contributed by atoms with E-state index >= 15 is 0 Å². The molecule has 0 radical (unpaired) electrons. The number of carboxylic acids is 1. The lowest BCUT2D eigenvalue weighted by Crippen LogP contribution is -2.45. The number of carboxylic acid groups (broad SMARTS) is 1. The fourth-order valence-corrected chi connectivity index (χ4v) is 1.33. The molecule has 0 amide bonds. The van der Waals surface area contributed by atoms with Crippen molar-refractivity contribution in [2.75, 3.05) is 0 Å². The van der Waals surface area contributed by atoms with E-state index in [4.69, 9.17) is 5.11 Å². The Balaban J connectivity index is 0.000001000. The van der Waals surface area contributed by atoms with E-state index in [1.165, 1.54) is 0 Å². The predicted molar refractivity (Wildman–Crippen MR) is 45.1 cm³/mol. The molecule has 2 N–H and O–H groups in total. The van der Waals surface area contributed by atoms with E-state index in [9.17, 15) is 4.79 Å². The number of aliphatic carboxylic acids is 1. The number of rotatable bonds is 1. The number of piperidine rings is 1. The van der Waals surface area contributed by atoms with Crippen LogP contribution in [0.3, 0.4) is 0 Å². The minimum atomic E-state index is -0.716. The predicted octanol–water partition coefficient (Wildman–Crippen LogP) is 1.02. The van der Waals surface area contributed by atoms with E-state index in [1.54, 1.807) is 0 Å². The molecule has 0 saturated carbocycles. The first-order valence-electron chi connectivity index (χ1n) is 3.69. The van der Waals surface area contributed by atoms with Gasteiger partial charge in [-0.25, -0.2) is 0 Å². The average Bonchev–Trinajstić information content (AvgIpc) is 1.88. The fourth-order valence-electron chi connectivity index (χ4n) is 1.33. The summed E-state index contributed by atoms with van der Waals surface area (Å²) in [5, 5.41) is 11.6. The average molecular weight is 180 g/mol. The molecule has 1 heterocycles. The van der Waals surface area contributed by atoms with E-state index < -0.39 is 5.97 Å². The Morgan fingerprint density at radius 2 is 2.18 bits per heavy atom. The zero-order valence-corrected chi connectivity index (χ0v) is 7.36. The van der Waals surface area contributed by atoms with Gasteiger partial charge in [-0.05, 0) is 26.2 Å². The number of carbonyl (C=O) groups is 1. The number of halogens is 1. The molecule has 0 aliphatic carbocycles. The highest BCUT2D eigenvalue weighted by atomic mass is 35.5. The zero-order chi connectivity index (χ0) is 7.56. The largest absolute Gasteiger partial charge is 0.480 e. The third-order valence-corrected chi connectivity index (χ3v) is 1.91. The molecule has 11 heavy (non-hydrogen) atoms. The summed E-state index contributed by atoms with van der Waals surface area (Å²) < 4.78 is 0. The summed E-state index contributed by atoms with van der Waals surface area (Å²) >= 11 is 0. The van der Waals surface area contributed by atoms with Crippen molar-refractivity contribution in [3.63, 3.8) is 0 Å². The van der Waals surface area contributed by atoms with Gasteiger partial charge in [0.2, 0.25) is 0 Å². The molecule has 0 aromatic rings. The number of hydrogen-bond donors (Lipinski definition) is 2. The van der Waals surface area contributed by atoms with Gasteiger partial charge in [0.1, 0.15) is 6.04 Å². The van der Waals surface area contributed by atoms with Crippen molar-refractivity contribution in [2.45, 2.75) is 38.3 Å². The van der Waals surface area contributed by atoms with Crippen molar-refractivity contribution in [1.29, 1.82) is 0 Å². The van der Waals surface area contributed by atoms with Gasteiger partial charge < -0.3 is 10.4 Å². The van der Waals surface area contributed by atoms with Crippen LogP contribution >= 0.6 is 12.4 Å². The Morgan fingerprint density at radius 3 is 2.55 bits per heavy atom. The maximum absolute atomic E-state index is 10.4. The maximum Gasteiger partial charge on any atom is 0.320 e. The monoisotopic (exact) mass is 179 g/mol. The van der Waals surface area contributed by atoms with Crippen LogP contribution in [0.25, 0.3) is 0 Å². The van der Waals surface area contributed by atoms with Crippen LogP contribution in [0.4, 0.5) is 0 Å². The van der Waals surface area contributed by atoms with Gasteiger partial charge in [0.25, 0.3) is 0 Å². The Kier molecular flexibility index (Phi) is 4.45. The van der Waals surface area contributed by atoms with Crippen molar-refractivity contribution in [1.82, 2.24) is 5.32 Å². The topological polar surface area (TPSA) is 49.3 Å². The lowest BCUT2D eigenvalue weighted by molar-refractivity contribution is -0.140. The number of hydrogen-bond acceptors (Lipinski definition) is 2. The third kappa shape index (κ3) is 3.08. The first-order chi connectivity index (χ1) is 4.70. The van der Waals surface area contributed by atoms with Crippen molar-refractivity contribution >= 4 is 18.4 Å². The Morgan fingerprint density at radius 1 is 1.55 bits per heavy atom. The van der Waals surface area contributed by atoms with Crippen molar-refractivity contribution in [3.05, 3.63) is 0 Å².